The highest BCUT2D eigenvalue weighted by Crippen LogP contribution is 2.11. The van der Waals surface area contributed by atoms with Crippen LogP contribution in [-0.4, -0.2) is 35.3 Å². The molecular weight excluding hydrogens is 505 g/mol. The molecule has 10 heteroatoms. The number of aromatic nitrogens is 6. The number of pyridine rings is 1. The third kappa shape index (κ3) is 5.37. The molecule has 0 saturated carbocycles. The van der Waals surface area contributed by atoms with Crippen LogP contribution in [0.25, 0.3) is 5.65 Å². The molecule has 0 radical (unpaired) electrons. The molecule has 1 aromatic carbocycles. The SMILES string of the molecule is Cc1nnc(CN=C(NCc2nnc3ccccn23)NC(C)c2ccccc2)n1C.I. The van der Waals surface area contributed by atoms with Crippen LogP contribution in [0.5, 0.6) is 0 Å². The standard InChI is InChI=1S/C21H25N9.HI/c1-15(17-9-5-4-6-10-17)24-21(22-13-19-27-25-16(2)29(19)3)23-14-20-28-26-18-11-7-8-12-30(18)20;/h4-12,15H,13-14H2,1-3H3,(H2,22,23,24);1H. The van der Waals surface area contributed by atoms with E-state index in [9.17, 15) is 0 Å². The number of hydrogen-bond donors (Lipinski definition) is 2. The van der Waals surface area contributed by atoms with E-state index in [1.54, 1.807) is 0 Å². The highest BCUT2D eigenvalue weighted by atomic mass is 127. The first-order valence-electron chi connectivity index (χ1n) is 9.85. The zero-order valence-corrected chi connectivity index (χ0v) is 20.1. The van der Waals surface area contributed by atoms with Gasteiger partial charge in [0.25, 0.3) is 0 Å². The summed E-state index contributed by atoms with van der Waals surface area (Å²) in [7, 11) is 1.94. The fourth-order valence-electron chi connectivity index (χ4n) is 3.10. The summed E-state index contributed by atoms with van der Waals surface area (Å²) in [6.07, 6.45) is 1.95. The molecule has 3 heterocycles. The number of rotatable bonds is 6. The molecular formula is C21H26IN9. The highest BCUT2D eigenvalue weighted by molar-refractivity contribution is 14.0. The summed E-state index contributed by atoms with van der Waals surface area (Å²) in [5.74, 6) is 3.13. The van der Waals surface area contributed by atoms with E-state index in [1.807, 2.05) is 65.5 Å². The first-order valence-corrected chi connectivity index (χ1v) is 9.85. The molecule has 0 aliphatic rings. The van der Waals surface area contributed by atoms with Gasteiger partial charge in [0.05, 0.1) is 12.6 Å². The molecule has 1 atom stereocenters. The smallest absolute Gasteiger partial charge is 0.192 e. The van der Waals surface area contributed by atoms with E-state index >= 15 is 0 Å². The quantitative estimate of drug-likeness (QED) is 0.226. The molecule has 0 fully saturated rings. The average molecular weight is 531 g/mol. The molecule has 0 amide bonds. The summed E-state index contributed by atoms with van der Waals surface area (Å²) < 4.78 is 3.89. The molecule has 31 heavy (non-hydrogen) atoms. The van der Waals surface area contributed by atoms with Gasteiger partial charge in [0.2, 0.25) is 0 Å². The molecule has 4 rings (SSSR count). The molecule has 0 bridgehead atoms. The van der Waals surface area contributed by atoms with Gasteiger partial charge in [-0.1, -0.05) is 36.4 Å². The van der Waals surface area contributed by atoms with Crippen LogP contribution in [0.4, 0.5) is 0 Å². The van der Waals surface area contributed by atoms with E-state index in [-0.39, 0.29) is 30.0 Å². The van der Waals surface area contributed by atoms with Crippen molar-refractivity contribution in [3.63, 3.8) is 0 Å². The number of aliphatic imine (C=N–C) groups is 1. The number of nitrogens with one attached hydrogen (secondary N) is 2. The molecule has 4 aromatic rings. The summed E-state index contributed by atoms with van der Waals surface area (Å²) in [6, 6.07) is 16.2. The van der Waals surface area contributed by atoms with Crippen molar-refractivity contribution < 1.29 is 0 Å². The molecule has 1 unspecified atom stereocenters. The summed E-state index contributed by atoms with van der Waals surface area (Å²) >= 11 is 0. The molecule has 3 aromatic heterocycles. The summed E-state index contributed by atoms with van der Waals surface area (Å²) in [4.78, 5) is 4.73. The van der Waals surface area contributed by atoms with Gasteiger partial charge in [-0.2, -0.15) is 0 Å². The van der Waals surface area contributed by atoms with E-state index in [4.69, 9.17) is 4.99 Å². The van der Waals surface area contributed by atoms with E-state index < -0.39 is 0 Å². The number of hydrogen-bond acceptors (Lipinski definition) is 5. The van der Waals surface area contributed by atoms with Gasteiger partial charge in [-0.05, 0) is 31.5 Å². The van der Waals surface area contributed by atoms with E-state index in [0.717, 1.165) is 23.1 Å². The molecule has 0 aliphatic heterocycles. The lowest BCUT2D eigenvalue weighted by atomic mass is 10.1. The number of halogens is 1. The Balaban J connectivity index is 0.00000272. The fraction of sp³-hybridized carbons (Fsp3) is 0.286. The number of benzene rings is 1. The second-order valence-corrected chi connectivity index (χ2v) is 7.06. The maximum atomic E-state index is 4.73. The monoisotopic (exact) mass is 531 g/mol. The Kier molecular flexibility index (Phi) is 7.55. The molecule has 2 N–H and O–H groups in total. The Morgan fingerprint density at radius 1 is 1.00 bits per heavy atom. The lowest BCUT2D eigenvalue weighted by molar-refractivity contribution is 0.668. The van der Waals surface area contributed by atoms with Crippen molar-refractivity contribution >= 4 is 35.6 Å². The van der Waals surface area contributed by atoms with Gasteiger partial charge in [0.15, 0.2) is 23.3 Å². The largest absolute Gasteiger partial charge is 0.350 e. The van der Waals surface area contributed by atoms with Gasteiger partial charge >= 0.3 is 0 Å². The van der Waals surface area contributed by atoms with Crippen molar-refractivity contribution in [1.82, 2.24) is 40.0 Å². The number of fused-ring (bicyclic) bond motifs is 1. The maximum Gasteiger partial charge on any atom is 0.192 e. The van der Waals surface area contributed by atoms with Crippen molar-refractivity contribution in [2.45, 2.75) is 33.0 Å². The minimum Gasteiger partial charge on any atom is -0.350 e. The highest BCUT2D eigenvalue weighted by Gasteiger charge is 2.11. The molecule has 9 nitrogen and oxygen atoms in total. The van der Waals surface area contributed by atoms with Crippen LogP contribution in [0, 0.1) is 6.92 Å². The third-order valence-electron chi connectivity index (χ3n) is 5.01. The van der Waals surface area contributed by atoms with Gasteiger partial charge in [-0.3, -0.25) is 4.40 Å². The van der Waals surface area contributed by atoms with Crippen LogP contribution < -0.4 is 10.6 Å². The average Bonchev–Trinajstić information content (AvgIpc) is 3.34. The molecule has 0 aliphatic carbocycles. The van der Waals surface area contributed by atoms with Crippen LogP contribution in [0.2, 0.25) is 0 Å². The maximum absolute atomic E-state index is 4.73. The first kappa shape index (κ1) is 22.7. The van der Waals surface area contributed by atoms with Crippen LogP contribution in [0.15, 0.2) is 59.7 Å². The van der Waals surface area contributed by atoms with Crippen molar-refractivity contribution in [2.24, 2.45) is 12.0 Å². The Bertz CT molecular complexity index is 1150. The first-order chi connectivity index (χ1) is 14.6. The zero-order chi connectivity index (χ0) is 20.9. The van der Waals surface area contributed by atoms with Crippen LogP contribution in [0.3, 0.4) is 0 Å². The molecule has 0 saturated heterocycles. The van der Waals surface area contributed by atoms with E-state index in [1.165, 1.54) is 5.56 Å². The fourth-order valence-corrected chi connectivity index (χ4v) is 3.10. The minimum atomic E-state index is 0. The van der Waals surface area contributed by atoms with Crippen molar-refractivity contribution in [1.29, 1.82) is 0 Å². The predicted octanol–water partition coefficient (Wildman–Crippen LogP) is 2.78. The van der Waals surface area contributed by atoms with Crippen molar-refractivity contribution in [2.75, 3.05) is 0 Å². The van der Waals surface area contributed by atoms with E-state index in [0.29, 0.717) is 19.0 Å². The summed E-state index contributed by atoms with van der Waals surface area (Å²) in [6.45, 7) is 4.92. The Hall–Kier alpha value is -3.02. The Morgan fingerprint density at radius 3 is 2.48 bits per heavy atom. The van der Waals surface area contributed by atoms with Gasteiger partial charge in [0.1, 0.15) is 12.4 Å². The van der Waals surface area contributed by atoms with Gasteiger partial charge in [-0.15, -0.1) is 44.4 Å². The number of guanidine groups is 1. The molecule has 0 spiro atoms. The summed E-state index contributed by atoms with van der Waals surface area (Å²) in [5.41, 5.74) is 1.99. The van der Waals surface area contributed by atoms with Gasteiger partial charge in [0, 0.05) is 13.2 Å². The van der Waals surface area contributed by atoms with Crippen LogP contribution in [-0.2, 0) is 20.1 Å². The lowest BCUT2D eigenvalue weighted by Gasteiger charge is -2.18. The second-order valence-electron chi connectivity index (χ2n) is 7.06. The second kappa shape index (κ2) is 10.3. The van der Waals surface area contributed by atoms with Crippen LogP contribution in [0.1, 0.15) is 36.0 Å². The third-order valence-corrected chi connectivity index (χ3v) is 5.01. The van der Waals surface area contributed by atoms with Crippen molar-refractivity contribution in [3.05, 3.63) is 77.8 Å². The summed E-state index contributed by atoms with van der Waals surface area (Å²) in [5, 5.41) is 23.6. The normalized spacial score (nSPS) is 12.4. The van der Waals surface area contributed by atoms with Crippen LogP contribution >= 0.6 is 24.0 Å². The minimum absolute atomic E-state index is 0. The van der Waals surface area contributed by atoms with Crippen molar-refractivity contribution in [3.8, 4) is 0 Å². The van der Waals surface area contributed by atoms with Gasteiger partial charge < -0.3 is 15.2 Å². The number of aryl methyl sites for hydroxylation is 1. The topological polar surface area (TPSA) is 97.3 Å². The predicted molar refractivity (Wildman–Crippen MR) is 130 cm³/mol. The number of nitrogens with zero attached hydrogens (tertiary/aromatic N) is 7. The van der Waals surface area contributed by atoms with E-state index in [2.05, 4.69) is 50.1 Å². The lowest BCUT2D eigenvalue weighted by Crippen LogP contribution is -2.39. The zero-order valence-electron chi connectivity index (χ0n) is 17.7. The van der Waals surface area contributed by atoms with Gasteiger partial charge in [-0.25, -0.2) is 4.99 Å². The Labute approximate surface area is 198 Å². The molecule has 162 valence electrons. The Morgan fingerprint density at radius 2 is 1.74 bits per heavy atom.